The van der Waals surface area contributed by atoms with Crippen LogP contribution in [0.1, 0.15) is 39.5 Å². The van der Waals surface area contributed by atoms with Crippen LogP contribution in [0.15, 0.2) is 23.8 Å². The Morgan fingerprint density at radius 2 is 2.18 bits per heavy atom. The quantitative estimate of drug-likeness (QED) is 0.809. The van der Waals surface area contributed by atoms with Crippen molar-refractivity contribution in [1.29, 1.82) is 0 Å². The van der Waals surface area contributed by atoms with Crippen LogP contribution >= 0.6 is 0 Å². The molecule has 0 spiro atoms. The molecule has 0 saturated heterocycles. The van der Waals surface area contributed by atoms with Crippen LogP contribution in [-0.4, -0.2) is 11.1 Å². The molecule has 0 aromatic rings. The standard InChI is InChI=1S/C15H22O2/c1-10-3-6-14-12(9-10)5-4-11(2)13(14)7-8-15(16)17/h4-5,9-11,13-14H,3,6-8H2,1-2H3,(H,16,17)/t10-,11+,13+,14+/m1/s1. The second kappa shape index (κ2) is 5.07. The molecule has 2 nitrogen and oxygen atoms in total. The Bertz CT molecular complexity index is 354. The lowest BCUT2D eigenvalue weighted by atomic mass is 9.67. The first-order valence-corrected chi connectivity index (χ1v) is 6.69. The van der Waals surface area contributed by atoms with Gasteiger partial charge in [0, 0.05) is 6.42 Å². The van der Waals surface area contributed by atoms with E-state index < -0.39 is 5.97 Å². The molecular formula is C15H22O2. The highest BCUT2D eigenvalue weighted by Crippen LogP contribution is 2.43. The van der Waals surface area contributed by atoms with Gasteiger partial charge in [-0.05, 0) is 48.5 Å². The minimum Gasteiger partial charge on any atom is -0.481 e. The van der Waals surface area contributed by atoms with Gasteiger partial charge in [-0.25, -0.2) is 0 Å². The molecule has 2 heteroatoms. The molecule has 0 unspecified atom stereocenters. The minimum atomic E-state index is -0.665. The highest BCUT2D eigenvalue weighted by molar-refractivity contribution is 5.66. The van der Waals surface area contributed by atoms with Gasteiger partial charge in [-0.3, -0.25) is 4.79 Å². The lowest BCUT2D eigenvalue weighted by molar-refractivity contribution is -0.137. The fourth-order valence-electron chi connectivity index (χ4n) is 3.31. The molecule has 0 aromatic heterocycles. The van der Waals surface area contributed by atoms with E-state index in [1.165, 1.54) is 18.4 Å². The van der Waals surface area contributed by atoms with Crippen LogP contribution in [0, 0.1) is 23.7 Å². The van der Waals surface area contributed by atoms with E-state index in [1.807, 2.05) is 0 Å². The Kier molecular flexibility index (Phi) is 3.70. The third kappa shape index (κ3) is 2.80. The van der Waals surface area contributed by atoms with E-state index >= 15 is 0 Å². The highest BCUT2D eigenvalue weighted by atomic mass is 16.4. The highest BCUT2D eigenvalue weighted by Gasteiger charge is 2.33. The number of carbonyl (C=O) groups is 1. The van der Waals surface area contributed by atoms with Crippen LogP contribution in [0.3, 0.4) is 0 Å². The molecule has 0 bridgehead atoms. The molecule has 1 N–H and O–H groups in total. The molecule has 2 aliphatic rings. The molecule has 17 heavy (non-hydrogen) atoms. The van der Waals surface area contributed by atoms with Crippen molar-refractivity contribution in [2.24, 2.45) is 23.7 Å². The van der Waals surface area contributed by atoms with E-state index in [0.717, 1.165) is 6.42 Å². The van der Waals surface area contributed by atoms with E-state index in [9.17, 15) is 4.79 Å². The monoisotopic (exact) mass is 234 g/mol. The molecule has 0 heterocycles. The number of hydrogen-bond donors (Lipinski definition) is 1. The summed E-state index contributed by atoms with van der Waals surface area (Å²) in [6, 6.07) is 0. The summed E-state index contributed by atoms with van der Waals surface area (Å²) in [7, 11) is 0. The molecule has 0 saturated carbocycles. The number of carboxylic acid groups (broad SMARTS) is 1. The van der Waals surface area contributed by atoms with Crippen molar-refractivity contribution in [1.82, 2.24) is 0 Å². The van der Waals surface area contributed by atoms with E-state index in [2.05, 4.69) is 32.1 Å². The van der Waals surface area contributed by atoms with Crippen molar-refractivity contribution in [2.75, 3.05) is 0 Å². The molecule has 2 rings (SSSR count). The van der Waals surface area contributed by atoms with Crippen LogP contribution < -0.4 is 0 Å². The Morgan fingerprint density at radius 1 is 1.41 bits per heavy atom. The maximum absolute atomic E-state index is 10.7. The van der Waals surface area contributed by atoms with Crippen molar-refractivity contribution < 1.29 is 9.90 Å². The van der Waals surface area contributed by atoms with Gasteiger partial charge in [-0.2, -0.15) is 0 Å². The lowest BCUT2D eigenvalue weighted by Crippen LogP contribution is -2.28. The summed E-state index contributed by atoms with van der Waals surface area (Å²) < 4.78 is 0. The van der Waals surface area contributed by atoms with Gasteiger partial charge in [0.2, 0.25) is 0 Å². The minimum absolute atomic E-state index is 0.308. The van der Waals surface area contributed by atoms with Crippen LogP contribution in [0.5, 0.6) is 0 Å². The zero-order chi connectivity index (χ0) is 12.4. The van der Waals surface area contributed by atoms with Crippen molar-refractivity contribution >= 4 is 5.97 Å². The predicted octanol–water partition coefficient (Wildman–Crippen LogP) is 3.65. The number of rotatable bonds is 3. The number of aliphatic carboxylic acids is 1. The first-order valence-electron chi connectivity index (χ1n) is 6.69. The summed E-state index contributed by atoms with van der Waals surface area (Å²) in [6.45, 7) is 4.49. The maximum Gasteiger partial charge on any atom is 0.303 e. The number of fused-ring (bicyclic) bond motifs is 1. The van der Waals surface area contributed by atoms with Crippen LogP contribution in [0.4, 0.5) is 0 Å². The molecule has 0 fully saturated rings. The second-order valence-corrected chi connectivity index (χ2v) is 5.64. The summed E-state index contributed by atoms with van der Waals surface area (Å²) in [5.41, 5.74) is 1.46. The van der Waals surface area contributed by atoms with Gasteiger partial charge in [-0.15, -0.1) is 0 Å². The summed E-state index contributed by atoms with van der Waals surface area (Å²) >= 11 is 0. The van der Waals surface area contributed by atoms with Gasteiger partial charge in [0.15, 0.2) is 0 Å². The molecule has 0 amide bonds. The summed E-state index contributed by atoms with van der Waals surface area (Å²) in [6.07, 6.45) is 10.5. The van der Waals surface area contributed by atoms with Crippen molar-refractivity contribution in [2.45, 2.75) is 39.5 Å². The molecular weight excluding hydrogens is 212 g/mol. The SMILES string of the molecule is C[C@H]1C=C2C=C[C@H](C)[C@H](CCC(=O)O)[C@H]2CC1. The van der Waals surface area contributed by atoms with Crippen LogP contribution in [0.2, 0.25) is 0 Å². The first kappa shape index (κ1) is 12.4. The lowest BCUT2D eigenvalue weighted by Gasteiger charge is -2.38. The number of allylic oxidation sites excluding steroid dienone is 4. The Hall–Kier alpha value is -1.05. The maximum atomic E-state index is 10.7. The summed E-state index contributed by atoms with van der Waals surface area (Å²) in [4.78, 5) is 10.7. The molecule has 0 aromatic carbocycles. The van der Waals surface area contributed by atoms with Gasteiger partial charge in [-0.1, -0.05) is 32.1 Å². The largest absolute Gasteiger partial charge is 0.481 e. The Morgan fingerprint density at radius 3 is 2.88 bits per heavy atom. The predicted molar refractivity (Wildman–Crippen MR) is 68.6 cm³/mol. The van der Waals surface area contributed by atoms with Gasteiger partial charge in [0.05, 0.1) is 0 Å². The zero-order valence-electron chi connectivity index (χ0n) is 10.7. The molecule has 0 aliphatic heterocycles. The molecule has 94 valence electrons. The van der Waals surface area contributed by atoms with Crippen molar-refractivity contribution in [3.8, 4) is 0 Å². The smallest absolute Gasteiger partial charge is 0.303 e. The van der Waals surface area contributed by atoms with E-state index in [1.54, 1.807) is 0 Å². The van der Waals surface area contributed by atoms with Crippen LogP contribution in [-0.2, 0) is 4.79 Å². The topological polar surface area (TPSA) is 37.3 Å². The second-order valence-electron chi connectivity index (χ2n) is 5.64. The molecule has 0 radical (unpaired) electrons. The third-order valence-corrected chi connectivity index (χ3v) is 4.31. The van der Waals surface area contributed by atoms with E-state index in [-0.39, 0.29) is 0 Å². The Balaban J connectivity index is 2.12. The fraction of sp³-hybridized carbons (Fsp3) is 0.667. The van der Waals surface area contributed by atoms with Gasteiger partial charge in [0.1, 0.15) is 0 Å². The average molecular weight is 234 g/mol. The van der Waals surface area contributed by atoms with Gasteiger partial charge in [0.25, 0.3) is 0 Å². The van der Waals surface area contributed by atoms with Crippen LogP contribution in [0.25, 0.3) is 0 Å². The first-order chi connectivity index (χ1) is 8.08. The number of hydrogen-bond acceptors (Lipinski definition) is 1. The summed E-state index contributed by atoms with van der Waals surface area (Å²) in [5.74, 6) is 1.66. The molecule has 2 aliphatic carbocycles. The van der Waals surface area contributed by atoms with Crippen molar-refractivity contribution in [3.05, 3.63) is 23.8 Å². The molecule has 4 atom stereocenters. The van der Waals surface area contributed by atoms with Gasteiger partial charge < -0.3 is 5.11 Å². The summed E-state index contributed by atoms with van der Waals surface area (Å²) in [5, 5.41) is 8.84. The third-order valence-electron chi connectivity index (χ3n) is 4.31. The number of carboxylic acids is 1. The Labute approximate surface area is 103 Å². The van der Waals surface area contributed by atoms with E-state index in [0.29, 0.717) is 30.1 Å². The van der Waals surface area contributed by atoms with Crippen molar-refractivity contribution in [3.63, 3.8) is 0 Å². The normalized spacial score (nSPS) is 36.2. The van der Waals surface area contributed by atoms with E-state index in [4.69, 9.17) is 5.11 Å². The van der Waals surface area contributed by atoms with Gasteiger partial charge >= 0.3 is 5.97 Å². The fourth-order valence-corrected chi connectivity index (χ4v) is 3.31. The average Bonchev–Trinajstić information content (AvgIpc) is 2.27. The zero-order valence-corrected chi connectivity index (χ0v) is 10.7.